The van der Waals surface area contributed by atoms with E-state index in [0.717, 1.165) is 12.8 Å². The lowest BCUT2D eigenvalue weighted by Gasteiger charge is -2.17. The van der Waals surface area contributed by atoms with E-state index in [4.69, 9.17) is 9.47 Å². The van der Waals surface area contributed by atoms with Gasteiger partial charge in [0.15, 0.2) is 6.61 Å². The number of anilines is 1. The van der Waals surface area contributed by atoms with Crippen molar-refractivity contribution in [3.63, 3.8) is 0 Å². The summed E-state index contributed by atoms with van der Waals surface area (Å²) in [6.07, 6.45) is 4.46. The standard InChI is InChI=1S/C22H28N2O3/c1-26-20-7-4-8-21(16-20)27-17-22(25)23-13-5-6-18-9-11-19(12-10-18)24-14-2-3-15-24/h4,7-12,16H,2-3,5-6,13-15,17H2,1H3,(H,23,25). The average Bonchev–Trinajstić information content (AvgIpc) is 3.25. The van der Waals surface area contributed by atoms with Gasteiger partial charge in [0.25, 0.3) is 5.91 Å². The summed E-state index contributed by atoms with van der Waals surface area (Å²) >= 11 is 0. The predicted octanol–water partition coefficient (Wildman–Crippen LogP) is 3.42. The third kappa shape index (κ3) is 5.91. The van der Waals surface area contributed by atoms with Crippen LogP contribution in [0.4, 0.5) is 5.69 Å². The van der Waals surface area contributed by atoms with Crippen LogP contribution in [0.5, 0.6) is 11.5 Å². The fourth-order valence-electron chi connectivity index (χ4n) is 3.26. The van der Waals surface area contributed by atoms with Crippen molar-refractivity contribution in [3.8, 4) is 11.5 Å². The van der Waals surface area contributed by atoms with Crippen molar-refractivity contribution in [2.24, 2.45) is 0 Å². The van der Waals surface area contributed by atoms with E-state index in [1.165, 1.54) is 37.2 Å². The van der Waals surface area contributed by atoms with Crippen LogP contribution >= 0.6 is 0 Å². The van der Waals surface area contributed by atoms with Crippen LogP contribution in [0.15, 0.2) is 48.5 Å². The first kappa shape index (κ1) is 19.1. The third-order valence-corrected chi connectivity index (χ3v) is 4.78. The van der Waals surface area contributed by atoms with Crippen molar-refractivity contribution in [2.45, 2.75) is 25.7 Å². The van der Waals surface area contributed by atoms with Gasteiger partial charge in [-0.3, -0.25) is 4.79 Å². The Kier molecular flexibility index (Phi) is 6.97. The van der Waals surface area contributed by atoms with Gasteiger partial charge in [-0.2, -0.15) is 0 Å². The van der Waals surface area contributed by atoms with Crippen LogP contribution in [0.3, 0.4) is 0 Å². The molecule has 3 rings (SSSR count). The summed E-state index contributed by atoms with van der Waals surface area (Å²) in [5.41, 5.74) is 2.62. The molecule has 1 fully saturated rings. The zero-order chi connectivity index (χ0) is 18.9. The van der Waals surface area contributed by atoms with Crippen LogP contribution in [-0.4, -0.2) is 39.3 Å². The molecule has 1 saturated heterocycles. The van der Waals surface area contributed by atoms with E-state index in [2.05, 4.69) is 34.5 Å². The monoisotopic (exact) mass is 368 g/mol. The highest BCUT2D eigenvalue weighted by Crippen LogP contribution is 2.21. The number of rotatable bonds is 9. The third-order valence-electron chi connectivity index (χ3n) is 4.78. The van der Waals surface area contributed by atoms with Gasteiger partial charge in [0, 0.05) is 31.4 Å². The Labute approximate surface area is 161 Å². The molecule has 1 heterocycles. The van der Waals surface area contributed by atoms with Gasteiger partial charge in [-0.25, -0.2) is 0 Å². The van der Waals surface area contributed by atoms with Gasteiger partial charge in [0.2, 0.25) is 0 Å². The number of amides is 1. The molecule has 0 aromatic heterocycles. The van der Waals surface area contributed by atoms with E-state index < -0.39 is 0 Å². The zero-order valence-electron chi connectivity index (χ0n) is 15.9. The molecular formula is C22H28N2O3. The summed E-state index contributed by atoms with van der Waals surface area (Å²) in [7, 11) is 1.60. The fourth-order valence-corrected chi connectivity index (χ4v) is 3.26. The zero-order valence-corrected chi connectivity index (χ0v) is 15.9. The second-order valence-electron chi connectivity index (χ2n) is 6.78. The van der Waals surface area contributed by atoms with E-state index in [9.17, 15) is 4.79 Å². The number of carbonyl (C=O) groups excluding carboxylic acids is 1. The molecule has 27 heavy (non-hydrogen) atoms. The highest BCUT2D eigenvalue weighted by Gasteiger charge is 2.11. The quantitative estimate of drug-likeness (QED) is 0.689. The number of hydrogen-bond acceptors (Lipinski definition) is 4. The van der Waals surface area contributed by atoms with E-state index in [1.807, 2.05) is 18.2 Å². The first-order valence-electron chi connectivity index (χ1n) is 9.62. The summed E-state index contributed by atoms with van der Waals surface area (Å²) in [5.74, 6) is 1.23. The van der Waals surface area contributed by atoms with Gasteiger partial charge in [0.05, 0.1) is 7.11 Å². The summed E-state index contributed by atoms with van der Waals surface area (Å²) in [6.45, 7) is 3.00. The molecule has 0 atom stereocenters. The largest absolute Gasteiger partial charge is 0.497 e. The van der Waals surface area contributed by atoms with Gasteiger partial charge in [-0.15, -0.1) is 0 Å². The maximum absolute atomic E-state index is 11.9. The van der Waals surface area contributed by atoms with Crippen molar-refractivity contribution < 1.29 is 14.3 Å². The van der Waals surface area contributed by atoms with Crippen molar-refractivity contribution in [2.75, 3.05) is 38.3 Å². The molecule has 5 heteroatoms. The molecule has 144 valence electrons. The Morgan fingerprint density at radius 1 is 1.07 bits per heavy atom. The molecule has 0 aliphatic carbocycles. The van der Waals surface area contributed by atoms with Crippen LogP contribution in [0.1, 0.15) is 24.8 Å². The SMILES string of the molecule is COc1cccc(OCC(=O)NCCCc2ccc(N3CCCC3)cc2)c1. The number of carbonyl (C=O) groups is 1. The molecule has 0 radical (unpaired) electrons. The lowest BCUT2D eigenvalue weighted by Crippen LogP contribution is -2.29. The number of ether oxygens (including phenoxy) is 2. The fraction of sp³-hybridized carbons (Fsp3) is 0.409. The Balaban J connectivity index is 1.32. The minimum atomic E-state index is -0.109. The lowest BCUT2D eigenvalue weighted by atomic mass is 10.1. The van der Waals surface area contributed by atoms with Gasteiger partial charge >= 0.3 is 0 Å². The summed E-state index contributed by atoms with van der Waals surface area (Å²) in [6, 6.07) is 16.1. The first-order chi connectivity index (χ1) is 13.2. The van der Waals surface area contributed by atoms with Crippen LogP contribution in [-0.2, 0) is 11.2 Å². The van der Waals surface area contributed by atoms with E-state index >= 15 is 0 Å². The van der Waals surface area contributed by atoms with E-state index in [1.54, 1.807) is 13.2 Å². The number of nitrogens with zero attached hydrogens (tertiary/aromatic N) is 1. The number of nitrogens with one attached hydrogen (secondary N) is 1. The minimum Gasteiger partial charge on any atom is -0.497 e. The number of methoxy groups -OCH3 is 1. The molecule has 1 amide bonds. The Bertz CT molecular complexity index is 725. The minimum absolute atomic E-state index is 0.0116. The van der Waals surface area contributed by atoms with Crippen molar-refractivity contribution in [1.82, 2.24) is 5.32 Å². The second kappa shape index (κ2) is 9.86. The molecule has 5 nitrogen and oxygen atoms in total. The second-order valence-corrected chi connectivity index (χ2v) is 6.78. The van der Waals surface area contributed by atoms with Crippen LogP contribution in [0, 0.1) is 0 Å². The average molecular weight is 368 g/mol. The predicted molar refractivity (Wildman–Crippen MR) is 108 cm³/mol. The maximum atomic E-state index is 11.9. The highest BCUT2D eigenvalue weighted by molar-refractivity contribution is 5.77. The van der Waals surface area contributed by atoms with Crippen LogP contribution in [0.2, 0.25) is 0 Å². The number of hydrogen-bond donors (Lipinski definition) is 1. The smallest absolute Gasteiger partial charge is 0.257 e. The van der Waals surface area contributed by atoms with Crippen molar-refractivity contribution >= 4 is 11.6 Å². The summed E-state index contributed by atoms with van der Waals surface area (Å²) in [5, 5.41) is 2.90. The van der Waals surface area contributed by atoms with Gasteiger partial charge in [0.1, 0.15) is 11.5 Å². The first-order valence-corrected chi connectivity index (χ1v) is 9.62. The summed E-state index contributed by atoms with van der Waals surface area (Å²) in [4.78, 5) is 14.3. The van der Waals surface area contributed by atoms with Gasteiger partial charge < -0.3 is 19.7 Å². The molecule has 2 aromatic rings. The van der Waals surface area contributed by atoms with Gasteiger partial charge in [-0.05, 0) is 55.5 Å². The lowest BCUT2D eigenvalue weighted by molar-refractivity contribution is -0.123. The van der Waals surface area contributed by atoms with Crippen molar-refractivity contribution in [3.05, 3.63) is 54.1 Å². The van der Waals surface area contributed by atoms with Gasteiger partial charge in [-0.1, -0.05) is 18.2 Å². The number of aryl methyl sites for hydroxylation is 1. The van der Waals surface area contributed by atoms with Crippen LogP contribution < -0.4 is 19.7 Å². The molecule has 2 aromatic carbocycles. The molecule has 0 unspecified atom stereocenters. The Morgan fingerprint density at radius 3 is 2.56 bits per heavy atom. The summed E-state index contributed by atoms with van der Waals surface area (Å²) < 4.78 is 10.6. The normalized spacial score (nSPS) is 13.4. The molecule has 0 bridgehead atoms. The molecule has 0 spiro atoms. The highest BCUT2D eigenvalue weighted by atomic mass is 16.5. The Hall–Kier alpha value is -2.69. The molecule has 1 N–H and O–H groups in total. The molecule has 0 saturated carbocycles. The molecular weight excluding hydrogens is 340 g/mol. The van der Waals surface area contributed by atoms with Crippen LogP contribution in [0.25, 0.3) is 0 Å². The Morgan fingerprint density at radius 2 is 1.81 bits per heavy atom. The number of benzene rings is 2. The topological polar surface area (TPSA) is 50.8 Å². The van der Waals surface area contributed by atoms with E-state index in [0.29, 0.717) is 18.0 Å². The molecule has 1 aliphatic heterocycles. The van der Waals surface area contributed by atoms with Crippen molar-refractivity contribution in [1.29, 1.82) is 0 Å². The maximum Gasteiger partial charge on any atom is 0.257 e. The van der Waals surface area contributed by atoms with E-state index in [-0.39, 0.29) is 12.5 Å². The molecule has 1 aliphatic rings.